The highest BCUT2D eigenvalue weighted by Crippen LogP contribution is 2.40. The van der Waals surface area contributed by atoms with Crippen LogP contribution in [0.3, 0.4) is 0 Å². The molecule has 1 aliphatic heterocycles. The Morgan fingerprint density at radius 2 is 2.00 bits per heavy atom. The molecule has 1 saturated heterocycles. The van der Waals surface area contributed by atoms with E-state index in [4.69, 9.17) is 25.8 Å². The Balaban J connectivity index is 2.01. The normalized spacial score (nSPS) is 19.6. The minimum atomic E-state index is -0.970. The maximum absolute atomic E-state index is 13.2. The molecule has 0 saturated carbocycles. The van der Waals surface area contributed by atoms with Crippen LogP contribution in [0.4, 0.5) is 0 Å². The van der Waals surface area contributed by atoms with Crippen molar-refractivity contribution in [1.82, 2.24) is 14.9 Å². The van der Waals surface area contributed by atoms with Gasteiger partial charge in [0.1, 0.15) is 5.41 Å². The third-order valence-electron chi connectivity index (χ3n) is 5.19. The monoisotopic (exact) mass is 419 g/mol. The molecule has 0 aliphatic carbocycles. The molecule has 1 aromatic carbocycles. The molecule has 156 valence electrons. The molecule has 1 fully saturated rings. The average molecular weight is 420 g/mol. The lowest BCUT2D eigenvalue weighted by Crippen LogP contribution is -2.42. The summed E-state index contributed by atoms with van der Waals surface area (Å²) in [5.74, 6) is -0.322. The third-order valence-corrected chi connectivity index (χ3v) is 5.37. The van der Waals surface area contributed by atoms with Crippen molar-refractivity contribution in [3.63, 3.8) is 0 Å². The highest BCUT2D eigenvalue weighted by Gasteiger charge is 2.50. The Morgan fingerprint density at radius 3 is 2.66 bits per heavy atom. The lowest BCUT2D eigenvalue weighted by molar-refractivity contribution is -0.150. The molecule has 29 heavy (non-hydrogen) atoms. The zero-order chi connectivity index (χ0) is 20.9. The largest absolute Gasteiger partial charge is 0.465 e. The second-order valence-corrected chi connectivity index (χ2v) is 7.33. The molecular weight excluding hydrogens is 394 g/mol. The Kier molecular flexibility index (Phi) is 7.18. The molecule has 1 unspecified atom stereocenters. The van der Waals surface area contributed by atoms with E-state index >= 15 is 0 Å². The fraction of sp³-hybridized carbons (Fsp3) is 0.476. The maximum Gasteiger partial charge on any atom is 0.319 e. The topological polar surface area (TPSA) is 73.8 Å². The number of carbonyl (C=O) groups is 1. The molecule has 1 atom stereocenters. The van der Waals surface area contributed by atoms with Gasteiger partial charge in [-0.15, -0.1) is 0 Å². The van der Waals surface area contributed by atoms with Gasteiger partial charge < -0.3 is 14.2 Å². The van der Waals surface area contributed by atoms with Crippen LogP contribution in [0.2, 0.25) is 5.28 Å². The summed E-state index contributed by atoms with van der Waals surface area (Å²) in [6.07, 6.45) is 1.40. The number of benzene rings is 1. The zero-order valence-electron chi connectivity index (χ0n) is 16.9. The Labute approximate surface area is 176 Å². The van der Waals surface area contributed by atoms with Gasteiger partial charge >= 0.3 is 5.97 Å². The molecule has 0 amide bonds. The van der Waals surface area contributed by atoms with Crippen molar-refractivity contribution in [3.8, 4) is 0 Å². The fourth-order valence-corrected chi connectivity index (χ4v) is 4.00. The lowest BCUT2D eigenvalue weighted by atomic mass is 9.81. The number of halogens is 1. The number of ether oxygens (including phenoxy) is 3. The fourth-order valence-electron chi connectivity index (χ4n) is 3.87. The van der Waals surface area contributed by atoms with Gasteiger partial charge in [-0.1, -0.05) is 30.3 Å². The number of carbonyl (C=O) groups excluding carboxylic acids is 1. The summed E-state index contributed by atoms with van der Waals surface area (Å²) in [7, 11) is 3.06. The van der Waals surface area contributed by atoms with E-state index in [0.717, 1.165) is 13.1 Å². The van der Waals surface area contributed by atoms with Gasteiger partial charge in [-0.3, -0.25) is 9.69 Å². The van der Waals surface area contributed by atoms with Crippen LogP contribution in [0.25, 0.3) is 0 Å². The van der Waals surface area contributed by atoms with Gasteiger partial charge in [0.05, 0.1) is 12.3 Å². The van der Waals surface area contributed by atoms with Crippen LogP contribution in [-0.2, 0) is 31.0 Å². The second kappa shape index (κ2) is 9.63. The van der Waals surface area contributed by atoms with Gasteiger partial charge in [0.15, 0.2) is 6.29 Å². The third kappa shape index (κ3) is 4.59. The Morgan fingerprint density at radius 1 is 1.28 bits per heavy atom. The van der Waals surface area contributed by atoms with Gasteiger partial charge in [0, 0.05) is 45.6 Å². The summed E-state index contributed by atoms with van der Waals surface area (Å²) >= 11 is 6.13. The number of aromatic nitrogens is 2. The molecule has 0 spiro atoms. The first-order valence-corrected chi connectivity index (χ1v) is 9.94. The number of nitrogens with zero attached hydrogens (tertiary/aromatic N) is 3. The molecule has 3 rings (SSSR count). The van der Waals surface area contributed by atoms with E-state index in [1.165, 1.54) is 19.8 Å². The second-order valence-electron chi connectivity index (χ2n) is 7.00. The average Bonchev–Trinajstić information content (AvgIpc) is 3.16. The molecular formula is C21H26ClN3O4. The van der Waals surface area contributed by atoms with Gasteiger partial charge in [-0.2, -0.15) is 0 Å². The molecule has 0 radical (unpaired) electrons. The quantitative estimate of drug-likeness (QED) is 0.369. The summed E-state index contributed by atoms with van der Waals surface area (Å²) in [6, 6.07) is 10.1. The van der Waals surface area contributed by atoms with E-state index < -0.39 is 11.7 Å². The molecule has 7 nitrogen and oxygen atoms in total. The van der Waals surface area contributed by atoms with Crippen molar-refractivity contribution < 1.29 is 19.0 Å². The van der Waals surface area contributed by atoms with Gasteiger partial charge in [-0.05, 0) is 30.5 Å². The number of esters is 1. The molecule has 2 heterocycles. The first kappa shape index (κ1) is 21.6. The number of hydrogen-bond acceptors (Lipinski definition) is 7. The van der Waals surface area contributed by atoms with E-state index in [0.29, 0.717) is 24.2 Å². The SMILES string of the molecule is CCOC(=O)C1(c2nc(Cl)ncc2C(OC)OC)CCN(Cc2ccccc2)C1. The van der Waals surface area contributed by atoms with Crippen LogP contribution in [0.15, 0.2) is 36.5 Å². The molecule has 1 aromatic heterocycles. The number of likely N-dealkylation sites (tertiary alicyclic amines) is 1. The summed E-state index contributed by atoms with van der Waals surface area (Å²) in [5.41, 5.74) is 1.29. The molecule has 0 N–H and O–H groups in total. The minimum absolute atomic E-state index is 0.0693. The Bertz CT molecular complexity index is 832. The smallest absolute Gasteiger partial charge is 0.319 e. The highest BCUT2D eigenvalue weighted by atomic mass is 35.5. The number of hydrogen-bond donors (Lipinski definition) is 0. The van der Waals surface area contributed by atoms with Gasteiger partial charge in [-0.25, -0.2) is 9.97 Å². The standard InChI is InChI=1S/C21H26ClN3O4/c1-4-29-19(26)21(10-11-25(14-21)13-15-8-6-5-7-9-15)17-16(18(27-2)28-3)12-23-20(22)24-17/h5-9,12,18H,4,10-11,13-14H2,1-3H3. The summed E-state index contributed by atoms with van der Waals surface area (Å²) in [6.45, 7) is 3.99. The Hall–Kier alpha value is -2.06. The molecule has 8 heteroatoms. The van der Waals surface area contributed by atoms with E-state index in [1.54, 1.807) is 13.1 Å². The van der Waals surface area contributed by atoms with Crippen molar-refractivity contribution in [2.75, 3.05) is 33.9 Å². The minimum Gasteiger partial charge on any atom is -0.465 e. The predicted octanol–water partition coefficient (Wildman–Crippen LogP) is 3.13. The van der Waals surface area contributed by atoms with Crippen LogP contribution in [0.1, 0.15) is 36.5 Å². The van der Waals surface area contributed by atoms with Gasteiger partial charge in [0.2, 0.25) is 5.28 Å². The molecule has 1 aliphatic rings. The van der Waals surface area contributed by atoms with Crippen molar-refractivity contribution in [2.45, 2.75) is 31.6 Å². The first-order valence-electron chi connectivity index (χ1n) is 9.56. The summed E-state index contributed by atoms with van der Waals surface area (Å²) < 4.78 is 16.3. The van der Waals surface area contributed by atoms with Crippen LogP contribution in [0.5, 0.6) is 0 Å². The van der Waals surface area contributed by atoms with Crippen molar-refractivity contribution >= 4 is 17.6 Å². The van der Waals surface area contributed by atoms with Crippen molar-refractivity contribution in [3.05, 3.63) is 58.6 Å². The number of rotatable bonds is 8. The maximum atomic E-state index is 13.2. The van der Waals surface area contributed by atoms with Crippen molar-refractivity contribution in [1.29, 1.82) is 0 Å². The van der Waals surface area contributed by atoms with E-state index in [9.17, 15) is 4.79 Å². The van der Waals surface area contributed by atoms with Crippen LogP contribution >= 0.6 is 11.6 Å². The molecule has 2 aromatic rings. The molecule has 0 bridgehead atoms. The lowest BCUT2D eigenvalue weighted by Gasteiger charge is -2.30. The zero-order valence-corrected chi connectivity index (χ0v) is 17.7. The van der Waals surface area contributed by atoms with E-state index in [1.807, 2.05) is 18.2 Å². The van der Waals surface area contributed by atoms with Crippen molar-refractivity contribution in [2.24, 2.45) is 0 Å². The summed E-state index contributed by atoms with van der Waals surface area (Å²) in [4.78, 5) is 24.0. The van der Waals surface area contributed by atoms with E-state index in [-0.39, 0.29) is 17.9 Å². The number of methoxy groups -OCH3 is 2. The van der Waals surface area contributed by atoms with E-state index in [2.05, 4.69) is 27.0 Å². The van der Waals surface area contributed by atoms with Crippen LogP contribution in [0, 0.1) is 0 Å². The predicted molar refractivity (Wildman–Crippen MR) is 108 cm³/mol. The van der Waals surface area contributed by atoms with Crippen LogP contribution < -0.4 is 0 Å². The van der Waals surface area contributed by atoms with Crippen LogP contribution in [-0.4, -0.2) is 54.8 Å². The van der Waals surface area contributed by atoms with Gasteiger partial charge in [0.25, 0.3) is 0 Å². The first-order chi connectivity index (χ1) is 14.0. The highest BCUT2D eigenvalue weighted by molar-refractivity contribution is 6.28. The summed E-state index contributed by atoms with van der Waals surface area (Å²) in [5, 5.41) is 0.0693.